The van der Waals surface area contributed by atoms with Crippen molar-refractivity contribution in [3.05, 3.63) is 34.3 Å². The van der Waals surface area contributed by atoms with Gasteiger partial charge in [0.25, 0.3) is 0 Å². The van der Waals surface area contributed by atoms with Crippen LogP contribution in [0.4, 0.5) is 0 Å². The minimum absolute atomic E-state index is 0.114. The summed E-state index contributed by atoms with van der Waals surface area (Å²) in [6, 6.07) is 8.32. The second-order valence-corrected chi connectivity index (χ2v) is 4.75. The van der Waals surface area contributed by atoms with Gasteiger partial charge in [-0.2, -0.15) is 0 Å². The fraction of sp³-hybridized carbons (Fsp3) is 0.455. The average molecular weight is 278 g/mol. The van der Waals surface area contributed by atoms with Gasteiger partial charge in [-0.15, -0.1) is 11.6 Å². The lowest BCUT2D eigenvalue weighted by atomic mass is 10.1. The van der Waals surface area contributed by atoms with E-state index in [9.17, 15) is 0 Å². The number of alkyl halides is 1. The highest BCUT2D eigenvalue weighted by molar-refractivity contribution is 9.10. The van der Waals surface area contributed by atoms with Crippen LogP contribution >= 0.6 is 27.5 Å². The maximum absolute atomic E-state index is 6.03. The quantitative estimate of drug-likeness (QED) is 0.747. The molecule has 1 nitrogen and oxygen atoms in total. The fourth-order valence-electron chi connectivity index (χ4n) is 1.24. The van der Waals surface area contributed by atoms with Crippen LogP contribution in [0.2, 0.25) is 0 Å². The molecule has 1 aromatic carbocycles. The third kappa shape index (κ3) is 4.45. The van der Waals surface area contributed by atoms with E-state index in [0.29, 0.717) is 6.61 Å². The molecule has 0 aromatic heterocycles. The number of benzene rings is 1. The van der Waals surface area contributed by atoms with E-state index in [1.165, 1.54) is 5.56 Å². The van der Waals surface area contributed by atoms with Gasteiger partial charge >= 0.3 is 0 Å². The molecule has 0 aliphatic carbocycles. The first kappa shape index (κ1) is 12.0. The number of halogens is 2. The second-order valence-electron chi connectivity index (χ2n) is 3.22. The van der Waals surface area contributed by atoms with E-state index in [2.05, 4.69) is 40.2 Å². The molecule has 1 aromatic rings. The van der Waals surface area contributed by atoms with Gasteiger partial charge in [0.05, 0.1) is 12.0 Å². The molecular weight excluding hydrogens is 263 g/mol. The molecule has 1 atom stereocenters. The van der Waals surface area contributed by atoms with Crippen LogP contribution in [0.15, 0.2) is 28.7 Å². The van der Waals surface area contributed by atoms with Crippen molar-refractivity contribution < 1.29 is 4.74 Å². The molecule has 0 N–H and O–H groups in total. The Hall–Kier alpha value is -0.0500. The number of hydrogen-bond acceptors (Lipinski definition) is 1. The summed E-state index contributed by atoms with van der Waals surface area (Å²) in [4.78, 5) is 0. The maximum atomic E-state index is 6.03. The molecule has 0 radical (unpaired) electrons. The van der Waals surface area contributed by atoms with Gasteiger partial charge in [0.1, 0.15) is 0 Å². The van der Waals surface area contributed by atoms with E-state index in [-0.39, 0.29) is 5.38 Å². The van der Waals surface area contributed by atoms with Crippen LogP contribution in [0.5, 0.6) is 0 Å². The van der Waals surface area contributed by atoms with Crippen LogP contribution in [0.25, 0.3) is 0 Å². The van der Waals surface area contributed by atoms with Crippen LogP contribution in [0, 0.1) is 0 Å². The van der Waals surface area contributed by atoms with Gasteiger partial charge in [-0.3, -0.25) is 0 Å². The topological polar surface area (TPSA) is 9.23 Å². The van der Waals surface area contributed by atoms with E-state index >= 15 is 0 Å². The first-order valence-corrected chi connectivity index (χ1v) is 5.82. The molecule has 1 rings (SSSR count). The van der Waals surface area contributed by atoms with Crippen LogP contribution in [-0.2, 0) is 11.2 Å². The molecule has 0 bridgehead atoms. The molecule has 3 heteroatoms. The summed E-state index contributed by atoms with van der Waals surface area (Å²) in [5, 5.41) is 0.114. The highest BCUT2D eigenvalue weighted by atomic mass is 79.9. The Labute approximate surface area is 98.5 Å². The molecule has 0 aliphatic rings. The van der Waals surface area contributed by atoms with Gasteiger partial charge in [0.2, 0.25) is 0 Å². The molecule has 0 heterocycles. The largest absolute Gasteiger partial charge is 0.383 e. The van der Waals surface area contributed by atoms with Crippen molar-refractivity contribution >= 4 is 27.5 Å². The molecule has 1 unspecified atom stereocenters. The Balaban J connectivity index is 2.34. The van der Waals surface area contributed by atoms with Crippen molar-refractivity contribution in [2.24, 2.45) is 0 Å². The smallest absolute Gasteiger partial charge is 0.0626 e. The van der Waals surface area contributed by atoms with Crippen molar-refractivity contribution in [3.8, 4) is 0 Å². The summed E-state index contributed by atoms with van der Waals surface area (Å²) in [6.45, 7) is 0.623. The molecule has 0 aliphatic heterocycles. The molecule has 78 valence electrons. The maximum Gasteiger partial charge on any atom is 0.0626 e. The monoisotopic (exact) mass is 276 g/mol. The predicted octanol–water partition coefficient (Wildman–Crippen LogP) is 3.64. The minimum Gasteiger partial charge on any atom is -0.383 e. The summed E-state index contributed by atoms with van der Waals surface area (Å²) in [6.07, 6.45) is 1.96. The zero-order valence-corrected chi connectivity index (χ0v) is 10.5. The number of aryl methyl sites for hydroxylation is 1. The van der Waals surface area contributed by atoms with Crippen molar-refractivity contribution in [1.82, 2.24) is 0 Å². The fourth-order valence-corrected chi connectivity index (χ4v) is 1.74. The number of ether oxygens (including phenoxy) is 1. The third-order valence-corrected chi connectivity index (χ3v) is 2.88. The van der Waals surface area contributed by atoms with Crippen LogP contribution < -0.4 is 0 Å². The van der Waals surface area contributed by atoms with Crippen molar-refractivity contribution in [1.29, 1.82) is 0 Å². The van der Waals surface area contributed by atoms with Gasteiger partial charge in [-0.1, -0.05) is 28.1 Å². The SMILES string of the molecule is COCC(Cl)CCc1ccc(Br)cc1. The Kier molecular flexibility index (Phi) is 5.53. The Morgan fingerprint density at radius 1 is 1.36 bits per heavy atom. The van der Waals surface area contributed by atoms with Crippen molar-refractivity contribution in [2.45, 2.75) is 18.2 Å². The molecule has 14 heavy (non-hydrogen) atoms. The van der Waals surface area contributed by atoms with Gasteiger partial charge in [-0.05, 0) is 30.5 Å². The lowest BCUT2D eigenvalue weighted by Crippen LogP contribution is -2.08. The standard InChI is InChI=1S/C11H14BrClO/c1-14-8-11(13)7-4-9-2-5-10(12)6-3-9/h2-3,5-6,11H,4,7-8H2,1H3. The predicted molar refractivity (Wildman–Crippen MR) is 64.0 cm³/mol. The van der Waals surface area contributed by atoms with Crippen molar-refractivity contribution in [3.63, 3.8) is 0 Å². The lowest BCUT2D eigenvalue weighted by molar-refractivity contribution is 0.195. The average Bonchev–Trinajstić information content (AvgIpc) is 2.17. The van der Waals surface area contributed by atoms with E-state index < -0.39 is 0 Å². The number of hydrogen-bond donors (Lipinski definition) is 0. The number of methoxy groups -OCH3 is 1. The van der Waals surface area contributed by atoms with Crippen LogP contribution in [0.3, 0.4) is 0 Å². The summed E-state index contributed by atoms with van der Waals surface area (Å²) in [5.41, 5.74) is 1.31. The Bertz CT molecular complexity index is 260. The van der Waals surface area contributed by atoms with Crippen LogP contribution in [0.1, 0.15) is 12.0 Å². The van der Waals surface area contributed by atoms with Crippen LogP contribution in [-0.4, -0.2) is 19.1 Å². The summed E-state index contributed by atoms with van der Waals surface area (Å²) < 4.78 is 6.08. The molecule has 0 fully saturated rings. The van der Waals surface area contributed by atoms with Gasteiger partial charge < -0.3 is 4.74 Å². The highest BCUT2D eigenvalue weighted by Crippen LogP contribution is 2.13. The van der Waals surface area contributed by atoms with E-state index in [4.69, 9.17) is 16.3 Å². The lowest BCUT2D eigenvalue weighted by Gasteiger charge is -2.07. The molecule has 0 saturated carbocycles. The molecule has 0 spiro atoms. The van der Waals surface area contributed by atoms with E-state index in [1.807, 2.05) is 0 Å². The zero-order valence-electron chi connectivity index (χ0n) is 8.17. The highest BCUT2D eigenvalue weighted by Gasteiger charge is 2.03. The summed E-state index contributed by atoms with van der Waals surface area (Å²) in [5.74, 6) is 0. The Morgan fingerprint density at radius 2 is 2.00 bits per heavy atom. The van der Waals surface area contributed by atoms with Gasteiger partial charge in [-0.25, -0.2) is 0 Å². The Morgan fingerprint density at radius 3 is 2.57 bits per heavy atom. The first-order chi connectivity index (χ1) is 6.72. The first-order valence-electron chi connectivity index (χ1n) is 4.60. The second kappa shape index (κ2) is 6.44. The summed E-state index contributed by atoms with van der Waals surface area (Å²) in [7, 11) is 1.68. The normalized spacial score (nSPS) is 12.8. The van der Waals surface area contributed by atoms with E-state index in [0.717, 1.165) is 17.3 Å². The summed E-state index contributed by atoms with van der Waals surface area (Å²) >= 11 is 9.43. The molecule has 0 saturated heterocycles. The van der Waals surface area contributed by atoms with Gasteiger partial charge in [0, 0.05) is 11.6 Å². The number of rotatable bonds is 5. The molecule has 0 amide bonds. The van der Waals surface area contributed by atoms with E-state index in [1.54, 1.807) is 7.11 Å². The van der Waals surface area contributed by atoms with Gasteiger partial charge in [0.15, 0.2) is 0 Å². The minimum atomic E-state index is 0.114. The zero-order chi connectivity index (χ0) is 10.4. The van der Waals surface area contributed by atoms with Crippen molar-refractivity contribution in [2.75, 3.05) is 13.7 Å². The third-order valence-electron chi connectivity index (χ3n) is 2.01. The molecular formula is C11H14BrClO.